The molecule has 6 heteroatoms. The van der Waals surface area contributed by atoms with Crippen LogP contribution in [0.2, 0.25) is 0 Å². The van der Waals surface area contributed by atoms with E-state index in [9.17, 15) is 4.39 Å². The number of thiophene rings is 1. The van der Waals surface area contributed by atoms with Crippen molar-refractivity contribution in [3.05, 3.63) is 89.4 Å². The summed E-state index contributed by atoms with van der Waals surface area (Å²) in [6, 6.07) is 19.1. The topological polar surface area (TPSA) is 51.0 Å². The van der Waals surface area contributed by atoms with Gasteiger partial charge in [0, 0.05) is 11.4 Å². The first-order valence-corrected chi connectivity index (χ1v) is 11.4. The number of hydrogen-bond donors (Lipinski definition) is 1. The third kappa shape index (κ3) is 4.41. The van der Waals surface area contributed by atoms with Crippen LogP contribution in [0.15, 0.2) is 77.6 Å². The van der Waals surface area contributed by atoms with Crippen molar-refractivity contribution < 1.29 is 8.81 Å². The number of benzene rings is 2. The molecule has 0 aliphatic carbocycles. The van der Waals surface area contributed by atoms with Gasteiger partial charge in [0.25, 0.3) is 0 Å². The number of aryl methyl sites for hydroxylation is 2. The molecule has 0 spiro atoms. The van der Waals surface area contributed by atoms with Crippen LogP contribution < -0.4 is 5.32 Å². The first kappa shape index (κ1) is 20.4. The highest BCUT2D eigenvalue weighted by atomic mass is 32.1. The van der Waals surface area contributed by atoms with Crippen molar-refractivity contribution in [1.29, 1.82) is 0 Å². The molecule has 0 bridgehead atoms. The summed E-state index contributed by atoms with van der Waals surface area (Å²) in [5.74, 6) is 1.32. The van der Waals surface area contributed by atoms with Gasteiger partial charge in [0.05, 0.1) is 17.2 Å². The number of furan rings is 1. The molecule has 1 N–H and O–H groups in total. The zero-order chi connectivity index (χ0) is 21.9. The second kappa shape index (κ2) is 8.93. The highest BCUT2D eigenvalue weighted by Gasteiger charge is 2.12. The van der Waals surface area contributed by atoms with Crippen LogP contribution >= 0.6 is 11.3 Å². The van der Waals surface area contributed by atoms with Crippen molar-refractivity contribution in [2.45, 2.75) is 19.8 Å². The molecule has 3 aromatic heterocycles. The Morgan fingerprint density at radius 3 is 2.41 bits per heavy atom. The Hall–Kier alpha value is -3.51. The standard InChI is InChI=1S/C26H22FN3OS/c1-17-15-23-25(29-24(30-26(23)32-17)21-12-14-31-16-21)28-13-2-3-18-4-6-19(7-5-18)20-8-10-22(27)11-9-20/h4-12,14-16H,2-3,13H2,1H3,(H,28,29,30). The van der Waals surface area contributed by atoms with Gasteiger partial charge in [-0.25, -0.2) is 14.4 Å². The van der Waals surface area contributed by atoms with E-state index in [0.29, 0.717) is 5.82 Å². The first-order valence-electron chi connectivity index (χ1n) is 10.6. The number of rotatable bonds is 7. The fourth-order valence-corrected chi connectivity index (χ4v) is 4.58. The largest absolute Gasteiger partial charge is 0.472 e. The summed E-state index contributed by atoms with van der Waals surface area (Å²) in [6.45, 7) is 2.90. The minimum atomic E-state index is -0.215. The Morgan fingerprint density at radius 1 is 0.938 bits per heavy atom. The lowest BCUT2D eigenvalue weighted by Gasteiger charge is -2.09. The lowest BCUT2D eigenvalue weighted by atomic mass is 10.0. The minimum absolute atomic E-state index is 0.215. The Kier molecular flexibility index (Phi) is 5.69. The van der Waals surface area contributed by atoms with Gasteiger partial charge >= 0.3 is 0 Å². The van der Waals surface area contributed by atoms with E-state index in [0.717, 1.165) is 52.1 Å². The van der Waals surface area contributed by atoms with Crippen LogP contribution in [0.3, 0.4) is 0 Å². The number of halogens is 1. The van der Waals surface area contributed by atoms with E-state index in [1.807, 2.05) is 6.07 Å². The molecule has 160 valence electrons. The number of anilines is 1. The molecule has 3 heterocycles. The van der Waals surface area contributed by atoms with Crippen LogP contribution in [0, 0.1) is 12.7 Å². The molecule has 5 rings (SSSR count). The molecule has 0 saturated heterocycles. The number of fused-ring (bicyclic) bond motifs is 1. The predicted molar refractivity (Wildman–Crippen MR) is 129 cm³/mol. The SMILES string of the molecule is Cc1cc2c(NCCCc3ccc(-c4ccc(F)cc4)cc3)nc(-c3ccoc3)nc2s1. The molecule has 32 heavy (non-hydrogen) atoms. The number of aromatic nitrogens is 2. The number of nitrogens with one attached hydrogen (secondary N) is 1. The number of nitrogens with zero attached hydrogens (tertiary/aromatic N) is 2. The Morgan fingerprint density at radius 2 is 1.69 bits per heavy atom. The number of hydrogen-bond acceptors (Lipinski definition) is 5. The molecule has 0 atom stereocenters. The van der Waals surface area contributed by atoms with Gasteiger partial charge in [0.1, 0.15) is 22.7 Å². The van der Waals surface area contributed by atoms with E-state index in [2.05, 4.69) is 42.6 Å². The molecular weight excluding hydrogens is 421 g/mol. The first-order chi connectivity index (χ1) is 15.7. The fraction of sp³-hybridized carbons (Fsp3) is 0.154. The quantitative estimate of drug-likeness (QED) is 0.272. The summed E-state index contributed by atoms with van der Waals surface area (Å²) in [4.78, 5) is 11.6. The zero-order valence-electron chi connectivity index (χ0n) is 17.6. The summed E-state index contributed by atoms with van der Waals surface area (Å²) in [6.07, 6.45) is 5.24. The highest BCUT2D eigenvalue weighted by Crippen LogP contribution is 2.31. The van der Waals surface area contributed by atoms with E-state index in [1.54, 1.807) is 36.0 Å². The smallest absolute Gasteiger partial charge is 0.166 e. The molecule has 2 aromatic carbocycles. The van der Waals surface area contributed by atoms with Crippen LogP contribution in [0.1, 0.15) is 16.9 Å². The lowest BCUT2D eigenvalue weighted by Crippen LogP contribution is -2.06. The van der Waals surface area contributed by atoms with Crippen molar-refractivity contribution in [3.8, 4) is 22.5 Å². The summed E-state index contributed by atoms with van der Waals surface area (Å²) in [7, 11) is 0. The van der Waals surface area contributed by atoms with Gasteiger partial charge in [-0.3, -0.25) is 0 Å². The summed E-state index contributed by atoms with van der Waals surface area (Å²) in [5.41, 5.74) is 4.26. The van der Waals surface area contributed by atoms with Crippen LogP contribution in [-0.2, 0) is 6.42 Å². The maximum Gasteiger partial charge on any atom is 0.166 e. The molecule has 0 aliphatic rings. The predicted octanol–water partition coefficient (Wildman–Crippen LogP) is 7.11. The third-order valence-corrected chi connectivity index (χ3v) is 6.31. The molecule has 0 saturated carbocycles. The van der Waals surface area contributed by atoms with Gasteiger partial charge in [0.15, 0.2) is 5.82 Å². The molecule has 5 aromatic rings. The van der Waals surface area contributed by atoms with Crippen LogP contribution in [0.25, 0.3) is 32.7 Å². The highest BCUT2D eigenvalue weighted by molar-refractivity contribution is 7.18. The van der Waals surface area contributed by atoms with Crippen LogP contribution in [0.4, 0.5) is 10.2 Å². The zero-order valence-corrected chi connectivity index (χ0v) is 18.5. The average Bonchev–Trinajstić information content (AvgIpc) is 3.47. The summed E-state index contributed by atoms with van der Waals surface area (Å²) < 4.78 is 18.3. The van der Waals surface area contributed by atoms with Crippen molar-refractivity contribution in [2.75, 3.05) is 11.9 Å². The Labute approximate surface area is 189 Å². The molecule has 0 fully saturated rings. The van der Waals surface area contributed by atoms with Crippen molar-refractivity contribution >= 4 is 27.4 Å². The molecule has 0 amide bonds. The molecule has 0 radical (unpaired) electrons. The van der Waals surface area contributed by atoms with E-state index in [4.69, 9.17) is 14.4 Å². The Bertz CT molecular complexity index is 1330. The summed E-state index contributed by atoms with van der Waals surface area (Å²) >= 11 is 1.67. The van der Waals surface area contributed by atoms with Gasteiger partial charge in [-0.05, 0) is 60.7 Å². The van der Waals surface area contributed by atoms with E-state index in [-0.39, 0.29) is 5.82 Å². The van der Waals surface area contributed by atoms with Gasteiger partial charge in [0.2, 0.25) is 0 Å². The second-order valence-electron chi connectivity index (χ2n) is 7.72. The second-order valence-corrected chi connectivity index (χ2v) is 8.95. The monoisotopic (exact) mass is 443 g/mol. The molecule has 0 aliphatic heterocycles. The van der Waals surface area contributed by atoms with E-state index in [1.165, 1.54) is 22.6 Å². The van der Waals surface area contributed by atoms with Crippen molar-refractivity contribution in [1.82, 2.24) is 9.97 Å². The normalized spacial score (nSPS) is 11.2. The molecular formula is C26H22FN3OS. The maximum atomic E-state index is 13.1. The Balaban J connectivity index is 1.24. The summed E-state index contributed by atoms with van der Waals surface area (Å²) in [5, 5.41) is 4.56. The molecule has 4 nitrogen and oxygen atoms in total. The van der Waals surface area contributed by atoms with Gasteiger partial charge in [-0.2, -0.15) is 0 Å². The van der Waals surface area contributed by atoms with Gasteiger partial charge < -0.3 is 9.73 Å². The van der Waals surface area contributed by atoms with E-state index >= 15 is 0 Å². The van der Waals surface area contributed by atoms with Crippen LogP contribution in [-0.4, -0.2) is 16.5 Å². The van der Waals surface area contributed by atoms with Gasteiger partial charge in [-0.1, -0.05) is 36.4 Å². The average molecular weight is 444 g/mol. The lowest BCUT2D eigenvalue weighted by molar-refractivity contribution is 0.568. The minimum Gasteiger partial charge on any atom is -0.472 e. The maximum absolute atomic E-state index is 13.1. The van der Waals surface area contributed by atoms with E-state index < -0.39 is 0 Å². The van der Waals surface area contributed by atoms with Crippen molar-refractivity contribution in [2.24, 2.45) is 0 Å². The van der Waals surface area contributed by atoms with Crippen molar-refractivity contribution in [3.63, 3.8) is 0 Å². The fourth-order valence-electron chi connectivity index (χ4n) is 3.70. The van der Waals surface area contributed by atoms with Gasteiger partial charge in [-0.15, -0.1) is 11.3 Å². The third-order valence-electron chi connectivity index (χ3n) is 5.36. The molecule has 0 unspecified atom stereocenters. The van der Waals surface area contributed by atoms with Crippen LogP contribution in [0.5, 0.6) is 0 Å².